The number of hydrogen-bond acceptors (Lipinski definition) is 0. The van der Waals surface area contributed by atoms with E-state index in [-0.39, 0.29) is 0 Å². The predicted molar refractivity (Wildman–Crippen MR) is 69.2 cm³/mol. The van der Waals surface area contributed by atoms with Gasteiger partial charge in [-0.1, -0.05) is 62.8 Å². The molecule has 2 saturated carbocycles. The van der Waals surface area contributed by atoms with E-state index in [2.05, 4.69) is 24.3 Å². The molecule has 88 valence electrons. The Balaban J connectivity index is 0.000000117. The number of hydrogen-bond donors (Lipinski definition) is 0. The molecule has 2 fully saturated rings. The first kappa shape index (κ1) is 10.6. The SMILES string of the molecule is C1=CC2C3C=CC(C3)C2C1.C1CCCCC1. The van der Waals surface area contributed by atoms with Crippen LogP contribution in [0.3, 0.4) is 0 Å². The van der Waals surface area contributed by atoms with Crippen molar-refractivity contribution in [3.8, 4) is 0 Å². The summed E-state index contributed by atoms with van der Waals surface area (Å²) < 4.78 is 0. The molecule has 4 unspecified atom stereocenters. The molecule has 0 spiro atoms. The van der Waals surface area contributed by atoms with Gasteiger partial charge in [-0.2, -0.15) is 0 Å². The smallest absolute Gasteiger partial charge is 0.0133 e. The van der Waals surface area contributed by atoms with Crippen LogP contribution in [-0.2, 0) is 0 Å². The van der Waals surface area contributed by atoms with Crippen molar-refractivity contribution < 1.29 is 0 Å². The highest BCUT2D eigenvalue weighted by Crippen LogP contribution is 2.52. The molecule has 0 radical (unpaired) electrons. The summed E-state index contributed by atoms with van der Waals surface area (Å²) in [4.78, 5) is 0. The Morgan fingerprint density at radius 1 is 0.688 bits per heavy atom. The van der Waals surface area contributed by atoms with E-state index >= 15 is 0 Å². The van der Waals surface area contributed by atoms with E-state index in [1.54, 1.807) is 0 Å². The molecule has 0 heteroatoms. The Morgan fingerprint density at radius 2 is 1.31 bits per heavy atom. The van der Waals surface area contributed by atoms with Crippen molar-refractivity contribution >= 4 is 0 Å². The Kier molecular flexibility index (Phi) is 3.17. The number of rotatable bonds is 0. The largest absolute Gasteiger partial charge is 0.0879 e. The lowest BCUT2D eigenvalue weighted by molar-refractivity contribution is 0.398. The first-order valence-electron chi connectivity index (χ1n) is 7.30. The van der Waals surface area contributed by atoms with Crippen molar-refractivity contribution in [2.75, 3.05) is 0 Å². The highest BCUT2D eigenvalue weighted by Gasteiger charge is 2.44. The zero-order valence-corrected chi connectivity index (χ0v) is 10.3. The summed E-state index contributed by atoms with van der Waals surface area (Å²) in [6.07, 6.45) is 21.5. The van der Waals surface area contributed by atoms with E-state index in [1.807, 2.05) is 0 Å². The molecule has 0 aromatic heterocycles. The molecule has 0 N–H and O–H groups in total. The van der Waals surface area contributed by atoms with Crippen LogP contribution in [0.2, 0.25) is 0 Å². The summed E-state index contributed by atoms with van der Waals surface area (Å²) in [5.74, 6) is 3.82. The summed E-state index contributed by atoms with van der Waals surface area (Å²) in [6, 6.07) is 0. The van der Waals surface area contributed by atoms with E-state index in [1.165, 1.54) is 51.4 Å². The summed E-state index contributed by atoms with van der Waals surface area (Å²) in [5, 5.41) is 0. The Morgan fingerprint density at radius 3 is 1.94 bits per heavy atom. The summed E-state index contributed by atoms with van der Waals surface area (Å²) in [5.41, 5.74) is 0. The van der Waals surface area contributed by atoms with Crippen LogP contribution in [0.25, 0.3) is 0 Å². The molecule has 2 bridgehead atoms. The van der Waals surface area contributed by atoms with Crippen LogP contribution in [0.1, 0.15) is 51.4 Å². The van der Waals surface area contributed by atoms with Gasteiger partial charge in [-0.15, -0.1) is 0 Å². The maximum atomic E-state index is 2.44. The molecule has 4 aliphatic rings. The van der Waals surface area contributed by atoms with Crippen molar-refractivity contribution in [1.29, 1.82) is 0 Å². The van der Waals surface area contributed by atoms with Crippen LogP contribution in [0.4, 0.5) is 0 Å². The molecule has 4 aliphatic carbocycles. The van der Waals surface area contributed by atoms with Crippen LogP contribution >= 0.6 is 0 Å². The third-order valence-electron chi connectivity index (χ3n) is 4.96. The van der Waals surface area contributed by atoms with Gasteiger partial charge in [0.1, 0.15) is 0 Å². The van der Waals surface area contributed by atoms with Crippen LogP contribution in [0.5, 0.6) is 0 Å². The lowest BCUT2D eigenvalue weighted by Crippen LogP contribution is -2.12. The molecular formula is C16H24. The first-order chi connectivity index (χ1) is 7.95. The van der Waals surface area contributed by atoms with Gasteiger partial charge >= 0.3 is 0 Å². The van der Waals surface area contributed by atoms with Crippen molar-refractivity contribution in [1.82, 2.24) is 0 Å². The van der Waals surface area contributed by atoms with E-state index < -0.39 is 0 Å². The molecule has 0 aliphatic heterocycles. The van der Waals surface area contributed by atoms with Gasteiger partial charge in [0.05, 0.1) is 0 Å². The Labute approximate surface area is 99.8 Å². The van der Waals surface area contributed by atoms with Crippen molar-refractivity contribution in [3.63, 3.8) is 0 Å². The van der Waals surface area contributed by atoms with Gasteiger partial charge in [0, 0.05) is 0 Å². The van der Waals surface area contributed by atoms with Crippen molar-refractivity contribution in [3.05, 3.63) is 24.3 Å². The molecule has 0 aromatic rings. The molecule has 0 amide bonds. The fourth-order valence-electron chi connectivity index (χ4n) is 4.03. The zero-order chi connectivity index (χ0) is 10.8. The van der Waals surface area contributed by atoms with E-state index in [4.69, 9.17) is 0 Å². The van der Waals surface area contributed by atoms with Crippen LogP contribution < -0.4 is 0 Å². The molecule has 16 heavy (non-hydrogen) atoms. The average molecular weight is 216 g/mol. The Hall–Kier alpha value is -0.520. The van der Waals surface area contributed by atoms with E-state index in [0.29, 0.717) is 0 Å². The lowest BCUT2D eigenvalue weighted by atomic mass is 9.86. The minimum atomic E-state index is 0.925. The molecule has 0 saturated heterocycles. The van der Waals surface area contributed by atoms with Gasteiger partial charge in [-0.25, -0.2) is 0 Å². The zero-order valence-electron chi connectivity index (χ0n) is 10.3. The average Bonchev–Trinajstić information content (AvgIpc) is 3.06. The van der Waals surface area contributed by atoms with Gasteiger partial charge in [0.25, 0.3) is 0 Å². The highest BCUT2D eigenvalue weighted by molar-refractivity contribution is 5.21. The van der Waals surface area contributed by atoms with Crippen molar-refractivity contribution in [2.45, 2.75) is 51.4 Å². The van der Waals surface area contributed by atoms with Gasteiger partial charge in [0.2, 0.25) is 0 Å². The maximum Gasteiger partial charge on any atom is -0.0133 e. The van der Waals surface area contributed by atoms with Crippen LogP contribution in [0.15, 0.2) is 24.3 Å². The molecule has 4 rings (SSSR count). The number of fused-ring (bicyclic) bond motifs is 5. The van der Waals surface area contributed by atoms with Crippen LogP contribution in [-0.4, -0.2) is 0 Å². The Bertz CT molecular complexity index is 271. The summed E-state index contributed by atoms with van der Waals surface area (Å²) in [6.45, 7) is 0. The predicted octanol–water partition coefficient (Wildman–Crippen LogP) is 4.73. The summed E-state index contributed by atoms with van der Waals surface area (Å²) >= 11 is 0. The van der Waals surface area contributed by atoms with E-state index in [0.717, 1.165) is 23.7 Å². The molecule has 0 nitrogen and oxygen atoms in total. The third-order valence-corrected chi connectivity index (χ3v) is 4.96. The maximum absolute atomic E-state index is 2.44. The fraction of sp³-hybridized carbons (Fsp3) is 0.750. The van der Waals surface area contributed by atoms with Crippen molar-refractivity contribution in [2.24, 2.45) is 23.7 Å². The normalized spacial score (nSPS) is 43.0. The molecule has 0 aromatic carbocycles. The second-order valence-corrected chi connectivity index (χ2v) is 5.97. The minimum Gasteiger partial charge on any atom is -0.0879 e. The minimum absolute atomic E-state index is 0.925. The lowest BCUT2D eigenvalue weighted by Gasteiger charge is -2.18. The summed E-state index contributed by atoms with van der Waals surface area (Å²) in [7, 11) is 0. The first-order valence-corrected chi connectivity index (χ1v) is 7.30. The van der Waals surface area contributed by atoms with Crippen LogP contribution in [0, 0.1) is 23.7 Å². The quantitative estimate of drug-likeness (QED) is 0.514. The monoisotopic (exact) mass is 216 g/mol. The topological polar surface area (TPSA) is 0 Å². The standard InChI is InChI=1S/C10H12.C6H12/c1-2-9-7-4-5-8(6-7)10(9)3-1;1-2-4-6-5-3-1/h1-2,4-5,7-10H,3,6H2;1-6H2. The third kappa shape index (κ3) is 1.99. The van der Waals surface area contributed by atoms with Gasteiger partial charge in [-0.3, -0.25) is 0 Å². The van der Waals surface area contributed by atoms with Gasteiger partial charge in [-0.05, 0) is 36.5 Å². The molecule has 4 atom stereocenters. The van der Waals surface area contributed by atoms with Gasteiger partial charge in [0.15, 0.2) is 0 Å². The molecule has 0 heterocycles. The number of allylic oxidation sites excluding steroid dienone is 4. The highest BCUT2D eigenvalue weighted by atomic mass is 14.5. The fourth-order valence-corrected chi connectivity index (χ4v) is 4.03. The second-order valence-electron chi connectivity index (χ2n) is 5.97. The second kappa shape index (κ2) is 4.77. The molecular weight excluding hydrogens is 192 g/mol. The van der Waals surface area contributed by atoms with Gasteiger partial charge < -0.3 is 0 Å². The van der Waals surface area contributed by atoms with E-state index in [9.17, 15) is 0 Å².